The number of ether oxygens (including phenoxy) is 1. The van der Waals surface area contributed by atoms with E-state index in [0.717, 1.165) is 22.3 Å². The molecule has 41 heavy (non-hydrogen) atoms. The predicted molar refractivity (Wildman–Crippen MR) is 157 cm³/mol. The van der Waals surface area contributed by atoms with Crippen LogP contribution in [-0.4, -0.2) is 53.7 Å². The monoisotopic (exact) mass is 555 g/mol. The van der Waals surface area contributed by atoms with Crippen molar-refractivity contribution in [3.05, 3.63) is 94.5 Å². The Morgan fingerprint density at radius 2 is 1.54 bits per heavy atom. The van der Waals surface area contributed by atoms with Crippen molar-refractivity contribution in [2.45, 2.75) is 51.2 Å². The minimum absolute atomic E-state index is 0.0239. The highest BCUT2D eigenvalue weighted by Gasteiger charge is 2.52. The van der Waals surface area contributed by atoms with Gasteiger partial charge in [-0.15, -0.1) is 0 Å². The van der Waals surface area contributed by atoms with Crippen LogP contribution in [-0.2, 0) is 25.3 Å². The number of rotatable bonds is 8. The Hall–Kier alpha value is -4.08. The Bertz CT molecular complexity index is 1450. The van der Waals surface area contributed by atoms with E-state index in [-0.39, 0.29) is 31.2 Å². The lowest BCUT2D eigenvalue weighted by molar-refractivity contribution is -0.136. The molecule has 5 rings (SSSR count). The van der Waals surface area contributed by atoms with E-state index in [1.54, 1.807) is 18.2 Å². The topological polar surface area (TPSA) is 114 Å². The van der Waals surface area contributed by atoms with Crippen molar-refractivity contribution >= 4 is 25.3 Å². The Labute approximate surface area is 240 Å². The molecule has 8 nitrogen and oxygen atoms in total. The zero-order valence-electron chi connectivity index (χ0n) is 23.6. The summed E-state index contributed by atoms with van der Waals surface area (Å²) in [4.78, 5) is 24.2. The van der Waals surface area contributed by atoms with Crippen molar-refractivity contribution in [2.75, 3.05) is 13.2 Å². The van der Waals surface area contributed by atoms with Crippen LogP contribution in [0.4, 0.5) is 4.79 Å². The average molecular weight is 555 g/mol. The third-order valence-corrected chi connectivity index (χ3v) is 8.12. The van der Waals surface area contributed by atoms with E-state index < -0.39 is 30.4 Å². The van der Waals surface area contributed by atoms with Gasteiger partial charge < -0.3 is 29.6 Å². The van der Waals surface area contributed by atoms with E-state index in [1.807, 2.05) is 52.0 Å². The standard InChI is InChI=1S/C32H34BNO7/c1-31(2)32(3,4)41-33(40-31)22(17-21-15-20(16-29(36)37)13-14-28(21)35)18-34-30(38)39-19-27-25-11-7-5-9-23(25)24-10-6-8-12-26(24)27/h5-15,17,27,35H,16,18-19H2,1-4H3,(H,34,38)(H,36,37). The first-order chi connectivity index (χ1) is 19.4. The van der Waals surface area contributed by atoms with Crippen molar-refractivity contribution in [3.63, 3.8) is 0 Å². The molecular weight excluding hydrogens is 521 g/mol. The maximum Gasteiger partial charge on any atom is 0.492 e. The molecule has 0 bridgehead atoms. The molecule has 3 N–H and O–H groups in total. The second-order valence-electron chi connectivity index (χ2n) is 11.5. The molecule has 0 aromatic heterocycles. The largest absolute Gasteiger partial charge is 0.507 e. The summed E-state index contributed by atoms with van der Waals surface area (Å²) in [5, 5.41) is 22.5. The molecular formula is C32H34BNO7. The van der Waals surface area contributed by atoms with Crippen LogP contribution in [0.2, 0.25) is 0 Å². The Kier molecular flexibility index (Phi) is 7.68. The van der Waals surface area contributed by atoms with Crippen LogP contribution in [0, 0.1) is 0 Å². The molecule has 0 spiro atoms. The molecule has 212 valence electrons. The van der Waals surface area contributed by atoms with Gasteiger partial charge in [0.15, 0.2) is 0 Å². The number of amides is 1. The minimum Gasteiger partial charge on any atom is -0.507 e. The highest BCUT2D eigenvalue weighted by Crippen LogP contribution is 2.44. The zero-order chi connectivity index (χ0) is 29.4. The van der Waals surface area contributed by atoms with Crippen molar-refractivity contribution in [2.24, 2.45) is 0 Å². The van der Waals surface area contributed by atoms with E-state index in [0.29, 0.717) is 16.6 Å². The Morgan fingerprint density at radius 3 is 2.12 bits per heavy atom. The third-order valence-electron chi connectivity index (χ3n) is 8.12. The predicted octanol–water partition coefficient (Wildman–Crippen LogP) is 5.57. The highest BCUT2D eigenvalue weighted by molar-refractivity contribution is 6.56. The number of carbonyl (C=O) groups is 2. The van der Waals surface area contributed by atoms with Crippen molar-refractivity contribution in [3.8, 4) is 16.9 Å². The number of benzene rings is 3. The second-order valence-corrected chi connectivity index (χ2v) is 11.5. The SMILES string of the molecule is CC1(C)OB(C(=Cc2cc(CC(=O)O)ccc2O)CNC(=O)OCC2c3ccccc3-c3ccccc32)OC1(C)C. The lowest BCUT2D eigenvalue weighted by atomic mass is 9.76. The van der Waals surface area contributed by atoms with Crippen LogP contribution in [0.1, 0.15) is 55.9 Å². The number of carboxylic acids is 1. The highest BCUT2D eigenvalue weighted by atomic mass is 16.7. The number of alkyl carbamates (subject to hydrolysis) is 1. The van der Waals surface area contributed by atoms with Gasteiger partial charge in [-0.05, 0) is 73.1 Å². The van der Waals surface area contributed by atoms with Gasteiger partial charge in [0, 0.05) is 18.0 Å². The van der Waals surface area contributed by atoms with Gasteiger partial charge in [-0.3, -0.25) is 4.79 Å². The summed E-state index contributed by atoms with van der Waals surface area (Å²) in [7, 11) is -0.809. The van der Waals surface area contributed by atoms with E-state index >= 15 is 0 Å². The van der Waals surface area contributed by atoms with Crippen LogP contribution in [0.5, 0.6) is 5.75 Å². The summed E-state index contributed by atoms with van der Waals surface area (Å²) in [6, 6.07) is 20.9. The van der Waals surface area contributed by atoms with E-state index in [2.05, 4.69) is 29.6 Å². The number of hydrogen-bond acceptors (Lipinski definition) is 6. The molecule has 0 atom stereocenters. The van der Waals surface area contributed by atoms with Gasteiger partial charge >= 0.3 is 19.2 Å². The molecule has 3 aromatic rings. The van der Waals surface area contributed by atoms with E-state index in [4.69, 9.17) is 14.0 Å². The van der Waals surface area contributed by atoms with Crippen LogP contribution in [0.15, 0.2) is 72.2 Å². The number of aromatic hydroxyl groups is 1. The first-order valence-electron chi connectivity index (χ1n) is 13.6. The van der Waals surface area contributed by atoms with Crippen LogP contribution in [0.3, 0.4) is 0 Å². The molecule has 1 saturated heterocycles. The van der Waals surface area contributed by atoms with Gasteiger partial charge in [0.25, 0.3) is 0 Å². The van der Waals surface area contributed by atoms with Crippen molar-refractivity contribution < 1.29 is 33.8 Å². The normalized spacial score (nSPS) is 17.2. The van der Waals surface area contributed by atoms with Crippen molar-refractivity contribution in [1.82, 2.24) is 5.32 Å². The first kappa shape index (κ1) is 28.5. The number of carboxylic acid groups (broad SMARTS) is 1. The number of hydrogen-bond donors (Lipinski definition) is 3. The Balaban J connectivity index is 1.33. The summed E-state index contributed by atoms with van der Waals surface area (Å²) in [5.74, 6) is -1.08. The van der Waals surface area contributed by atoms with Crippen LogP contribution >= 0.6 is 0 Å². The fourth-order valence-electron chi connectivity index (χ4n) is 5.22. The fourth-order valence-corrected chi connectivity index (χ4v) is 5.22. The number of nitrogens with one attached hydrogen (secondary N) is 1. The first-order valence-corrected chi connectivity index (χ1v) is 13.6. The summed E-state index contributed by atoms with van der Waals surface area (Å²) in [5.41, 5.74) is 4.73. The smallest absolute Gasteiger partial charge is 0.492 e. The van der Waals surface area contributed by atoms with Crippen LogP contribution in [0.25, 0.3) is 17.2 Å². The zero-order valence-corrected chi connectivity index (χ0v) is 23.6. The maximum atomic E-state index is 12.9. The molecule has 1 fully saturated rings. The number of aliphatic carboxylic acids is 1. The number of phenols is 1. The minimum atomic E-state index is -0.978. The Morgan fingerprint density at radius 1 is 0.951 bits per heavy atom. The summed E-state index contributed by atoms with van der Waals surface area (Å²) >= 11 is 0. The molecule has 1 aliphatic heterocycles. The molecule has 3 aromatic carbocycles. The number of carbonyl (C=O) groups excluding carboxylic acids is 1. The van der Waals surface area contributed by atoms with Gasteiger partial charge in [-0.2, -0.15) is 0 Å². The van der Waals surface area contributed by atoms with Gasteiger partial charge in [0.05, 0.1) is 17.6 Å². The lowest BCUT2D eigenvalue weighted by Crippen LogP contribution is -2.41. The fraction of sp³-hybridized carbons (Fsp3) is 0.312. The maximum absolute atomic E-state index is 12.9. The van der Waals surface area contributed by atoms with E-state index in [1.165, 1.54) is 6.07 Å². The number of phenolic OH excluding ortho intramolecular Hbond substituents is 1. The molecule has 0 unspecified atom stereocenters. The lowest BCUT2D eigenvalue weighted by Gasteiger charge is -2.32. The van der Waals surface area contributed by atoms with E-state index in [9.17, 15) is 19.8 Å². The molecule has 0 radical (unpaired) electrons. The summed E-state index contributed by atoms with van der Waals surface area (Å²) in [6.45, 7) is 7.90. The van der Waals surface area contributed by atoms with Gasteiger partial charge in [-0.25, -0.2) is 4.79 Å². The van der Waals surface area contributed by atoms with Gasteiger partial charge in [0.1, 0.15) is 12.4 Å². The third kappa shape index (κ3) is 5.87. The molecule has 2 aliphatic rings. The molecule has 9 heteroatoms. The molecule has 1 aliphatic carbocycles. The van der Waals surface area contributed by atoms with Crippen molar-refractivity contribution in [1.29, 1.82) is 0 Å². The number of fused-ring (bicyclic) bond motifs is 3. The molecule has 1 amide bonds. The molecule has 1 heterocycles. The molecule has 0 saturated carbocycles. The summed E-state index contributed by atoms with van der Waals surface area (Å²) in [6.07, 6.45) is 0.871. The average Bonchev–Trinajstić information content (AvgIpc) is 3.35. The van der Waals surface area contributed by atoms with Crippen LogP contribution < -0.4 is 5.32 Å². The second kappa shape index (κ2) is 11.1. The quantitative estimate of drug-likeness (QED) is 0.311. The van der Waals surface area contributed by atoms with Gasteiger partial charge in [-0.1, -0.05) is 60.7 Å². The summed E-state index contributed by atoms with van der Waals surface area (Å²) < 4.78 is 18.2. The van der Waals surface area contributed by atoms with Gasteiger partial charge in [0.2, 0.25) is 0 Å².